The standard InChI is InChI=1S/C54H30N4O8/c1-55-47(59)29-13-7-23-25-9-15-33-43-35(53(65)57(3)51(33)63)19-21(37(45(25)43)27-11-17-31(49(55)61)41(29)39(23)27)5-6-22-20-36-44-34(52(64)58(4)54(36)66)16-10-26-24-8-14-30-42-32(50(62)56(2)48(30)60)18-12-28(40(24)42)38(22)46(26)44/h5-20,49,61H,1-4H3/b6-5+. The van der Waals surface area contributed by atoms with Crippen LogP contribution in [-0.2, 0) is 0 Å². The maximum atomic E-state index is 14.2. The maximum Gasteiger partial charge on any atom is 0.261 e. The van der Waals surface area contributed by atoms with Gasteiger partial charge in [-0.2, -0.15) is 0 Å². The molecule has 7 amide bonds. The summed E-state index contributed by atoms with van der Waals surface area (Å²) in [7, 11) is 5.95. The molecule has 12 nitrogen and oxygen atoms in total. The summed E-state index contributed by atoms with van der Waals surface area (Å²) >= 11 is 0. The molecule has 0 saturated carbocycles. The summed E-state index contributed by atoms with van der Waals surface area (Å²) in [6.45, 7) is 0. The predicted octanol–water partition coefficient (Wildman–Crippen LogP) is 8.71. The maximum absolute atomic E-state index is 14.2. The van der Waals surface area contributed by atoms with E-state index in [4.69, 9.17) is 0 Å². The molecule has 14 rings (SSSR count). The monoisotopic (exact) mass is 862 g/mol. The smallest absolute Gasteiger partial charge is 0.261 e. The van der Waals surface area contributed by atoms with Crippen molar-refractivity contribution >= 4 is 140 Å². The number of aliphatic hydroxyl groups is 1. The second kappa shape index (κ2) is 11.7. The zero-order valence-electron chi connectivity index (χ0n) is 35.4. The minimum absolute atomic E-state index is 0.324. The van der Waals surface area contributed by atoms with Crippen molar-refractivity contribution in [1.82, 2.24) is 19.6 Å². The lowest BCUT2D eigenvalue weighted by molar-refractivity contribution is 0.0174. The molecule has 4 aliphatic rings. The van der Waals surface area contributed by atoms with Crippen LogP contribution in [0.5, 0.6) is 0 Å². The van der Waals surface area contributed by atoms with E-state index in [0.29, 0.717) is 109 Å². The summed E-state index contributed by atoms with van der Waals surface area (Å²) in [5, 5.41) is 22.3. The summed E-state index contributed by atoms with van der Waals surface area (Å²) < 4.78 is 0. The van der Waals surface area contributed by atoms with Crippen molar-refractivity contribution in [1.29, 1.82) is 0 Å². The number of imide groups is 3. The van der Waals surface area contributed by atoms with Gasteiger partial charge in [0.2, 0.25) is 0 Å². The Hall–Kier alpha value is -8.61. The zero-order chi connectivity index (χ0) is 45.3. The molecular weight excluding hydrogens is 833 g/mol. The summed E-state index contributed by atoms with van der Waals surface area (Å²) in [4.78, 5) is 102. The van der Waals surface area contributed by atoms with E-state index < -0.39 is 41.7 Å². The number of carbonyl (C=O) groups is 7. The Kier molecular flexibility index (Phi) is 6.55. The van der Waals surface area contributed by atoms with E-state index >= 15 is 0 Å². The number of amides is 7. The van der Waals surface area contributed by atoms with Crippen molar-refractivity contribution in [3.63, 3.8) is 0 Å². The quantitative estimate of drug-likeness (QED) is 0.0784. The van der Waals surface area contributed by atoms with Crippen LogP contribution in [0.4, 0.5) is 0 Å². The second-order valence-corrected chi connectivity index (χ2v) is 17.9. The first-order valence-electron chi connectivity index (χ1n) is 21.4. The molecule has 12 heteroatoms. The molecule has 66 heavy (non-hydrogen) atoms. The second-order valence-electron chi connectivity index (χ2n) is 17.9. The Bertz CT molecular complexity index is 4220. The van der Waals surface area contributed by atoms with Gasteiger partial charge in [0.15, 0.2) is 6.23 Å². The normalized spacial score (nSPS) is 17.3. The molecule has 10 aromatic carbocycles. The van der Waals surface area contributed by atoms with Gasteiger partial charge in [0.25, 0.3) is 41.4 Å². The molecule has 4 aliphatic heterocycles. The highest BCUT2D eigenvalue weighted by atomic mass is 16.3. The topological polar surface area (TPSA) is 153 Å². The Balaban J connectivity index is 1.15. The van der Waals surface area contributed by atoms with Gasteiger partial charge in [-0.1, -0.05) is 54.6 Å². The van der Waals surface area contributed by atoms with Gasteiger partial charge in [-0.25, -0.2) is 0 Å². The first-order chi connectivity index (χ1) is 31.8. The number of hydrogen-bond acceptors (Lipinski definition) is 8. The van der Waals surface area contributed by atoms with Gasteiger partial charge in [-0.3, -0.25) is 48.3 Å². The van der Waals surface area contributed by atoms with Crippen molar-refractivity contribution in [2.75, 3.05) is 28.2 Å². The van der Waals surface area contributed by atoms with Crippen molar-refractivity contribution in [3.8, 4) is 0 Å². The van der Waals surface area contributed by atoms with Crippen LogP contribution in [0.15, 0.2) is 84.9 Å². The molecule has 1 atom stereocenters. The average Bonchev–Trinajstić information content (AvgIpc) is 3.33. The highest BCUT2D eigenvalue weighted by molar-refractivity contribution is 6.44. The van der Waals surface area contributed by atoms with Crippen LogP contribution in [0.3, 0.4) is 0 Å². The molecule has 1 unspecified atom stereocenters. The lowest BCUT2D eigenvalue weighted by atomic mass is 9.80. The van der Waals surface area contributed by atoms with Crippen LogP contribution >= 0.6 is 0 Å². The van der Waals surface area contributed by atoms with Gasteiger partial charge >= 0.3 is 0 Å². The van der Waals surface area contributed by atoms with E-state index in [9.17, 15) is 38.7 Å². The van der Waals surface area contributed by atoms with Crippen molar-refractivity contribution < 1.29 is 38.7 Å². The third-order valence-electron chi connectivity index (χ3n) is 14.9. The summed E-state index contributed by atoms with van der Waals surface area (Å²) in [6.07, 6.45) is 2.59. The van der Waals surface area contributed by atoms with Gasteiger partial charge in [-0.15, -0.1) is 0 Å². The fraction of sp³-hybridized carbons (Fsp3) is 0.0926. The number of nitrogens with zero attached hydrogens (tertiary/aromatic N) is 4. The fourth-order valence-electron chi connectivity index (χ4n) is 11.8. The molecule has 1 N–H and O–H groups in total. The highest BCUT2D eigenvalue weighted by Crippen LogP contribution is 2.51. The number of fused-ring (bicyclic) bond motifs is 4. The zero-order valence-corrected chi connectivity index (χ0v) is 35.4. The lowest BCUT2D eigenvalue weighted by Crippen LogP contribution is -2.37. The van der Waals surface area contributed by atoms with E-state index in [1.807, 2.05) is 54.6 Å². The SMILES string of the molecule is CN1C(=O)c2ccc3c4ccc5c6c(cc(/C=C/c7cc8c9c(ccc%10c%11ccc%12c%13c(ccc(c7c9%10)c%13%11)C(O)N(C)C%12=O)C(=O)N(C)C8=O)c(c7ccc(c2c37)C1=O)c64)C(=O)N(C)C5=O. The molecule has 0 bridgehead atoms. The highest BCUT2D eigenvalue weighted by Gasteiger charge is 2.38. The van der Waals surface area contributed by atoms with Crippen LogP contribution in [0.25, 0.3) is 98.3 Å². The van der Waals surface area contributed by atoms with Crippen molar-refractivity contribution in [2.24, 2.45) is 0 Å². The van der Waals surface area contributed by atoms with Crippen molar-refractivity contribution in [3.05, 3.63) is 141 Å². The van der Waals surface area contributed by atoms with Crippen LogP contribution in [0, 0.1) is 0 Å². The first kappa shape index (κ1) is 36.8. The molecule has 0 saturated heterocycles. The number of aliphatic hydroxyl groups excluding tert-OH is 1. The third-order valence-corrected chi connectivity index (χ3v) is 14.9. The summed E-state index contributed by atoms with van der Waals surface area (Å²) in [6, 6.07) is 25.3. The molecular formula is C54H30N4O8. The molecule has 314 valence electrons. The number of hydrogen-bond donors (Lipinski definition) is 1. The lowest BCUT2D eigenvalue weighted by Gasteiger charge is -2.32. The molecule has 0 aliphatic carbocycles. The number of benzene rings is 10. The van der Waals surface area contributed by atoms with Crippen LogP contribution in [0.2, 0.25) is 0 Å². The Morgan fingerprint density at radius 3 is 1.09 bits per heavy atom. The Morgan fingerprint density at radius 2 is 0.667 bits per heavy atom. The van der Waals surface area contributed by atoms with Crippen LogP contribution < -0.4 is 0 Å². The Morgan fingerprint density at radius 1 is 0.348 bits per heavy atom. The predicted molar refractivity (Wildman–Crippen MR) is 251 cm³/mol. The van der Waals surface area contributed by atoms with E-state index in [-0.39, 0.29) is 5.91 Å². The summed E-state index contributed by atoms with van der Waals surface area (Å²) in [5.41, 5.74) is 4.42. The van der Waals surface area contributed by atoms with Crippen LogP contribution in [-0.4, -0.2) is 94.2 Å². The van der Waals surface area contributed by atoms with Gasteiger partial charge < -0.3 is 10.0 Å². The van der Waals surface area contributed by atoms with Gasteiger partial charge in [0.1, 0.15) is 0 Å². The molecule has 0 radical (unpaired) electrons. The molecule has 4 heterocycles. The minimum atomic E-state index is -1.18. The Labute approximate surface area is 371 Å². The number of rotatable bonds is 2. The molecule has 10 aromatic rings. The molecule has 0 fully saturated rings. The molecule has 0 aromatic heterocycles. The average molecular weight is 863 g/mol. The summed E-state index contributed by atoms with van der Waals surface area (Å²) in [5.74, 6) is -2.96. The van der Waals surface area contributed by atoms with Gasteiger partial charge in [0, 0.05) is 94.2 Å². The van der Waals surface area contributed by atoms with E-state index in [0.717, 1.165) is 47.0 Å². The van der Waals surface area contributed by atoms with E-state index in [2.05, 4.69) is 0 Å². The minimum Gasteiger partial charge on any atom is -0.369 e. The van der Waals surface area contributed by atoms with Gasteiger partial charge in [-0.05, 0) is 118 Å². The van der Waals surface area contributed by atoms with E-state index in [1.165, 1.54) is 26.0 Å². The molecule has 0 spiro atoms. The first-order valence-corrected chi connectivity index (χ1v) is 21.4. The third kappa shape index (κ3) is 4.00. The fourth-order valence-corrected chi connectivity index (χ4v) is 11.8. The van der Waals surface area contributed by atoms with Crippen LogP contribution in [0.1, 0.15) is 95.4 Å². The van der Waals surface area contributed by atoms with Crippen molar-refractivity contribution in [2.45, 2.75) is 6.23 Å². The van der Waals surface area contributed by atoms with E-state index in [1.54, 1.807) is 49.5 Å². The number of carbonyl (C=O) groups excluding carboxylic acids is 7. The largest absolute Gasteiger partial charge is 0.369 e. The van der Waals surface area contributed by atoms with Gasteiger partial charge in [0.05, 0.1) is 0 Å².